The fraction of sp³-hybridized carbons (Fsp3) is 0.750. The van der Waals surface area contributed by atoms with Gasteiger partial charge in [-0.15, -0.1) is 0 Å². The first-order valence-electron chi connectivity index (χ1n) is 8.51. The highest BCUT2D eigenvalue weighted by molar-refractivity contribution is 8.13. The largest absolute Gasteiger partial charge is 0.454 e. The number of thioether (sulfide) groups is 2. The van der Waals surface area contributed by atoms with Crippen LogP contribution in [0.25, 0.3) is 0 Å². The standard InChI is InChI=1S/C8H16N2O2S.C6H11ClO2.C2H6N2S/c1-3-4-5-6-12-8(11)10-7(9)13-2;1-2-3-4-5-9-6(7)8;1-5-2(3)4/h3-6H2,1-2H3,(H2,9,10,11);2-5H2,1H3;1H3,(H3,3,4). The zero-order chi connectivity index (χ0) is 21.5. The number of nitrogens with one attached hydrogen (secondary N) is 3. The van der Waals surface area contributed by atoms with Crippen LogP contribution in [-0.4, -0.2) is 47.6 Å². The van der Waals surface area contributed by atoms with E-state index in [1.165, 1.54) is 23.5 Å². The summed E-state index contributed by atoms with van der Waals surface area (Å²) in [6.45, 7) is 5.06. The molecular weight excluding hydrogens is 412 g/mol. The van der Waals surface area contributed by atoms with Crippen LogP contribution in [0, 0.1) is 10.8 Å². The number of amidine groups is 2. The van der Waals surface area contributed by atoms with E-state index in [2.05, 4.69) is 23.9 Å². The molecule has 8 nitrogen and oxygen atoms in total. The third-order valence-electron chi connectivity index (χ3n) is 2.58. The first-order chi connectivity index (χ1) is 12.7. The molecule has 0 spiro atoms. The molecule has 0 heterocycles. The minimum absolute atomic E-state index is 0.112. The van der Waals surface area contributed by atoms with Crippen molar-refractivity contribution in [1.29, 1.82) is 10.8 Å². The molecule has 0 aromatic rings. The Morgan fingerprint density at radius 3 is 1.74 bits per heavy atom. The number of hydrogen-bond acceptors (Lipinski definition) is 8. The third kappa shape index (κ3) is 36.5. The second kappa shape index (κ2) is 24.9. The van der Waals surface area contributed by atoms with Gasteiger partial charge in [0.1, 0.15) is 0 Å². The van der Waals surface area contributed by atoms with Gasteiger partial charge in [0, 0.05) is 11.6 Å². The molecule has 0 radical (unpaired) electrons. The van der Waals surface area contributed by atoms with Gasteiger partial charge in [-0.1, -0.05) is 63.1 Å². The van der Waals surface area contributed by atoms with Crippen molar-refractivity contribution in [3.8, 4) is 0 Å². The lowest BCUT2D eigenvalue weighted by atomic mass is 10.3. The van der Waals surface area contributed by atoms with Crippen molar-refractivity contribution in [2.45, 2.75) is 52.4 Å². The number of nitrogens with two attached hydrogens (primary N) is 1. The highest BCUT2D eigenvalue weighted by atomic mass is 35.5. The van der Waals surface area contributed by atoms with Crippen LogP contribution in [0.4, 0.5) is 9.59 Å². The molecule has 27 heavy (non-hydrogen) atoms. The highest BCUT2D eigenvalue weighted by Crippen LogP contribution is 1.96. The Morgan fingerprint density at radius 2 is 1.41 bits per heavy atom. The van der Waals surface area contributed by atoms with Crippen LogP contribution in [0.1, 0.15) is 52.4 Å². The smallest absolute Gasteiger partial charge is 0.413 e. The lowest BCUT2D eigenvalue weighted by Crippen LogP contribution is -2.28. The average Bonchev–Trinajstić information content (AvgIpc) is 2.63. The lowest BCUT2D eigenvalue weighted by molar-refractivity contribution is 0.149. The molecule has 0 unspecified atom stereocenters. The van der Waals surface area contributed by atoms with Crippen molar-refractivity contribution >= 4 is 57.0 Å². The molecular formula is C16H33ClN4O4S2. The number of rotatable bonds is 8. The molecule has 160 valence electrons. The van der Waals surface area contributed by atoms with E-state index in [0.29, 0.717) is 13.2 Å². The first kappa shape index (κ1) is 30.6. The summed E-state index contributed by atoms with van der Waals surface area (Å²) in [5.41, 5.74) is 4.14. The van der Waals surface area contributed by atoms with Crippen LogP contribution in [-0.2, 0) is 9.47 Å². The van der Waals surface area contributed by atoms with Crippen LogP contribution in [0.2, 0.25) is 0 Å². The average molecular weight is 445 g/mol. The summed E-state index contributed by atoms with van der Waals surface area (Å²) in [6.07, 6.45) is 9.13. The predicted octanol–water partition coefficient (Wildman–Crippen LogP) is 5.00. The van der Waals surface area contributed by atoms with Gasteiger partial charge >= 0.3 is 11.5 Å². The monoisotopic (exact) mass is 444 g/mol. The number of carbonyl (C=O) groups excluding carboxylic acids is 2. The van der Waals surface area contributed by atoms with Crippen LogP contribution in [0.15, 0.2) is 0 Å². The Labute approximate surface area is 176 Å². The fourth-order valence-electron chi connectivity index (χ4n) is 1.20. The number of ether oxygens (including phenoxy) is 2. The quantitative estimate of drug-likeness (QED) is 0.179. The topological polar surface area (TPSA) is 138 Å². The molecule has 0 aromatic carbocycles. The van der Waals surface area contributed by atoms with Gasteiger partial charge in [-0.25, -0.2) is 9.59 Å². The van der Waals surface area contributed by atoms with Crippen LogP contribution in [0.5, 0.6) is 0 Å². The van der Waals surface area contributed by atoms with E-state index in [9.17, 15) is 9.59 Å². The maximum Gasteiger partial charge on any atom is 0.413 e. The Balaban J connectivity index is -0.000000356. The number of carbonyl (C=O) groups is 2. The van der Waals surface area contributed by atoms with Gasteiger partial charge in [0.2, 0.25) is 0 Å². The van der Waals surface area contributed by atoms with Gasteiger partial charge in [-0.2, -0.15) is 0 Å². The minimum Gasteiger partial charge on any atom is -0.454 e. The molecule has 0 bridgehead atoms. The van der Waals surface area contributed by atoms with Gasteiger partial charge in [0.15, 0.2) is 10.3 Å². The van der Waals surface area contributed by atoms with Gasteiger partial charge < -0.3 is 15.2 Å². The summed E-state index contributed by atoms with van der Waals surface area (Å²) < 4.78 is 9.28. The molecule has 0 aliphatic carbocycles. The number of unbranched alkanes of at least 4 members (excludes halogenated alkanes) is 4. The van der Waals surface area contributed by atoms with Crippen LogP contribution in [0.3, 0.4) is 0 Å². The van der Waals surface area contributed by atoms with E-state index in [-0.39, 0.29) is 10.3 Å². The Hall–Kier alpha value is -1.13. The summed E-state index contributed by atoms with van der Waals surface area (Å²) in [5.74, 6) is 0. The zero-order valence-electron chi connectivity index (χ0n) is 16.6. The molecule has 0 aliphatic rings. The third-order valence-corrected chi connectivity index (χ3v) is 3.64. The summed E-state index contributed by atoms with van der Waals surface area (Å²) in [4.78, 5) is 20.8. The zero-order valence-corrected chi connectivity index (χ0v) is 19.0. The maximum atomic E-state index is 10.9. The summed E-state index contributed by atoms with van der Waals surface area (Å²) in [7, 11) is 0. The van der Waals surface area contributed by atoms with E-state index in [1.54, 1.807) is 12.5 Å². The number of halogens is 1. The lowest BCUT2D eigenvalue weighted by Gasteiger charge is -2.05. The number of hydrogen-bond donors (Lipinski definition) is 4. The van der Waals surface area contributed by atoms with Crippen molar-refractivity contribution in [2.75, 3.05) is 25.7 Å². The van der Waals surface area contributed by atoms with Crippen molar-refractivity contribution in [3.05, 3.63) is 0 Å². The molecule has 0 aromatic heterocycles. The van der Waals surface area contributed by atoms with E-state index in [0.717, 1.165) is 38.5 Å². The van der Waals surface area contributed by atoms with Gasteiger partial charge in [0.05, 0.1) is 13.2 Å². The second-order valence-corrected chi connectivity index (χ2v) is 6.84. The van der Waals surface area contributed by atoms with Crippen molar-refractivity contribution in [2.24, 2.45) is 5.73 Å². The minimum atomic E-state index is -0.703. The van der Waals surface area contributed by atoms with Gasteiger partial charge in [-0.05, 0) is 25.4 Å². The summed E-state index contributed by atoms with van der Waals surface area (Å²) in [6, 6.07) is 0. The normalized spacial score (nSPS) is 8.93. The van der Waals surface area contributed by atoms with E-state index in [4.69, 9.17) is 32.9 Å². The molecule has 0 rings (SSSR count). The molecule has 1 amide bonds. The predicted molar refractivity (Wildman–Crippen MR) is 117 cm³/mol. The van der Waals surface area contributed by atoms with Crippen LogP contribution < -0.4 is 11.1 Å². The molecule has 0 atom stereocenters. The molecule has 0 saturated carbocycles. The Bertz CT molecular complexity index is 416. The fourth-order valence-corrected chi connectivity index (χ4v) is 1.46. The second-order valence-electron chi connectivity index (χ2n) is 4.86. The first-order valence-corrected chi connectivity index (χ1v) is 11.3. The molecule has 0 saturated heterocycles. The van der Waals surface area contributed by atoms with Crippen LogP contribution >= 0.6 is 35.1 Å². The van der Waals surface area contributed by atoms with Gasteiger partial charge in [0.25, 0.3) is 0 Å². The summed E-state index contributed by atoms with van der Waals surface area (Å²) in [5, 5.41) is 16.2. The van der Waals surface area contributed by atoms with Crippen molar-refractivity contribution < 1.29 is 19.1 Å². The molecule has 11 heteroatoms. The summed E-state index contributed by atoms with van der Waals surface area (Å²) >= 11 is 7.30. The van der Waals surface area contributed by atoms with E-state index < -0.39 is 11.5 Å². The maximum absolute atomic E-state index is 10.9. The number of amides is 1. The highest BCUT2D eigenvalue weighted by Gasteiger charge is 2.03. The van der Waals surface area contributed by atoms with Gasteiger partial charge in [-0.3, -0.25) is 16.1 Å². The van der Waals surface area contributed by atoms with E-state index in [1.807, 2.05) is 0 Å². The number of alkyl carbamates (subject to hydrolysis) is 1. The molecule has 5 N–H and O–H groups in total. The van der Waals surface area contributed by atoms with Crippen molar-refractivity contribution in [3.63, 3.8) is 0 Å². The Morgan fingerprint density at radius 1 is 0.963 bits per heavy atom. The Kier molecular flexibility index (Phi) is 28.2. The molecule has 0 fully saturated rings. The van der Waals surface area contributed by atoms with Crippen molar-refractivity contribution in [1.82, 2.24) is 5.32 Å². The molecule has 0 aliphatic heterocycles. The van der Waals surface area contributed by atoms with E-state index >= 15 is 0 Å². The SMILES string of the molecule is CCCCCOC(=O)Cl.CCCCCOC(=O)NC(=N)SC.CSC(=N)N.